The number of sulfonamides is 1. The quantitative estimate of drug-likeness (QED) is 0.834. The molecule has 1 atom stereocenters. The molecule has 0 amide bonds. The topological polar surface area (TPSA) is 83.5 Å². The van der Waals surface area contributed by atoms with Gasteiger partial charge in [-0.1, -0.05) is 43.1 Å². The summed E-state index contributed by atoms with van der Waals surface area (Å²) in [5, 5.41) is 9.56. The molecule has 0 aliphatic rings. The largest absolute Gasteiger partial charge is 0.480 e. The second-order valence-corrected chi connectivity index (χ2v) is 7.25. The van der Waals surface area contributed by atoms with E-state index in [1.807, 2.05) is 0 Å². The number of hydrogen-bond donors (Lipinski definition) is 2. The lowest BCUT2D eigenvalue weighted by Crippen LogP contribution is -2.44. The molecule has 1 aromatic rings. The number of benzene rings is 1. The highest BCUT2D eigenvalue weighted by Gasteiger charge is 2.27. The first-order chi connectivity index (χ1) is 9.12. The Morgan fingerprint density at radius 1 is 1.30 bits per heavy atom. The third kappa shape index (κ3) is 4.94. The van der Waals surface area contributed by atoms with Crippen LogP contribution in [0.25, 0.3) is 0 Å². The van der Waals surface area contributed by atoms with Gasteiger partial charge in [-0.25, -0.2) is 13.1 Å². The molecule has 112 valence electrons. The normalized spacial score (nSPS) is 13.4. The van der Waals surface area contributed by atoms with E-state index in [2.05, 4.69) is 4.72 Å². The van der Waals surface area contributed by atoms with Crippen molar-refractivity contribution >= 4 is 39.2 Å². The van der Waals surface area contributed by atoms with Gasteiger partial charge in [0.2, 0.25) is 10.0 Å². The van der Waals surface area contributed by atoms with Crippen LogP contribution >= 0.6 is 23.2 Å². The summed E-state index contributed by atoms with van der Waals surface area (Å²) in [6.45, 7) is 3.25. The van der Waals surface area contributed by atoms with Gasteiger partial charge in [0.05, 0.1) is 15.8 Å². The van der Waals surface area contributed by atoms with Crippen LogP contribution in [-0.2, 0) is 20.6 Å². The molecule has 0 saturated carbocycles. The number of carboxylic acid groups (broad SMARTS) is 1. The predicted octanol–water partition coefficient (Wildman–Crippen LogP) is 2.52. The standard InChI is InChI=1S/C12H15Cl2NO4S/c1-7(2)11(12(16)17)15-20(18,19)6-8-3-4-9(13)10(14)5-8/h3-5,7,11,15H,6H2,1-2H3,(H,16,17)/t11-/m1/s1. The van der Waals surface area contributed by atoms with E-state index in [4.69, 9.17) is 28.3 Å². The monoisotopic (exact) mass is 339 g/mol. The predicted molar refractivity (Wildman–Crippen MR) is 78.5 cm³/mol. The summed E-state index contributed by atoms with van der Waals surface area (Å²) >= 11 is 11.6. The highest BCUT2D eigenvalue weighted by Crippen LogP contribution is 2.23. The Morgan fingerprint density at radius 3 is 2.35 bits per heavy atom. The molecule has 0 bridgehead atoms. The molecule has 0 radical (unpaired) electrons. The van der Waals surface area contributed by atoms with Gasteiger partial charge in [-0.2, -0.15) is 0 Å². The van der Waals surface area contributed by atoms with Crippen molar-refractivity contribution in [3.05, 3.63) is 33.8 Å². The fraction of sp³-hybridized carbons (Fsp3) is 0.417. The van der Waals surface area contributed by atoms with Gasteiger partial charge in [0.1, 0.15) is 6.04 Å². The molecular formula is C12H15Cl2NO4S. The van der Waals surface area contributed by atoms with E-state index in [0.717, 1.165) is 0 Å². The lowest BCUT2D eigenvalue weighted by atomic mass is 10.1. The maximum atomic E-state index is 12.0. The Labute approximate surface area is 127 Å². The van der Waals surface area contributed by atoms with Crippen LogP contribution < -0.4 is 4.72 Å². The third-order valence-electron chi connectivity index (χ3n) is 2.58. The average molecular weight is 340 g/mol. The molecule has 1 rings (SSSR count). The SMILES string of the molecule is CC(C)[C@@H](NS(=O)(=O)Cc1ccc(Cl)c(Cl)c1)C(=O)O. The van der Waals surface area contributed by atoms with Crippen molar-refractivity contribution in [3.63, 3.8) is 0 Å². The first kappa shape index (κ1) is 17.2. The van der Waals surface area contributed by atoms with E-state index < -0.39 is 22.0 Å². The lowest BCUT2D eigenvalue weighted by molar-refractivity contribution is -0.140. The van der Waals surface area contributed by atoms with Gasteiger partial charge < -0.3 is 5.11 Å². The van der Waals surface area contributed by atoms with Gasteiger partial charge in [0, 0.05) is 0 Å². The molecule has 0 spiro atoms. The number of carboxylic acids is 1. The molecule has 20 heavy (non-hydrogen) atoms. The molecule has 1 aromatic carbocycles. The zero-order valence-electron chi connectivity index (χ0n) is 10.9. The Kier molecular flexibility index (Phi) is 5.82. The second kappa shape index (κ2) is 6.76. The molecule has 0 unspecified atom stereocenters. The second-order valence-electron chi connectivity index (χ2n) is 4.69. The number of aliphatic carboxylic acids is 1. The van der Waals surface area contributed by atoms with E-state index in [1.54, 1.807) is 13.8 Å². The van der Waals surface area contributed by atoms with Crippen LogP contribution in [0.5, 0.6) is 0 Å². The number of rotatable bonds is 6. The van der Waals surface area contributed by atoms with Gasteiger partial charge >= 0.3 is 5.97 Å². The minimum atomic E-state index is -3.79. The first-order valence-corrected chi connectivity index (χ1v) is 8.20. The highest BCUT2D eigenvalue weighted by molar-refractivity contribution is 7.88. The molecule has 0 heterocycles. The summed E-state index contributed by atoms with van der Waals surface area (Å²) in [5.74, 6) is -1.94. The van der Waals surface area contributed by atoms with E-state index in [1.165, 1.54) is 18.2 Å². The van der Waals surface area contributed by atoms with Crippen LogP contribution in [0.15, 0.2) is 18.2 Å². The number of hydrogen-bond acceptors (Lipinski definition) is 3. The van der Waals surface area contributed by atoms with Crippen LogP contribution in [0.1, 0.15) is 19.4 Å². The van der Waals surface area contributed by atoms with Gasteiger partial charge in [0.25, 0.3) is 0 Å². The van der Waals surface area contributed by atoms with E-state index >= 15 is 0 Å². The minimum absolute atomic E-state index is 0.248. The van der Waals surface area contributed by atoms with Gasteiger partial charge in [-0.15, -0.1) is 0 Å². The van der Waals surface area contributed by atoms with Crippen LogP contribution in [0, 0.1) is 5.92 Å². The smallest absolute Gasteiger partial charge is 0.321 e. The van der Waals surface area contributed by atoms with Crippen LogP contribution in [0.2, 0.25) is 10.0 Å². The van der Waals surface area contributed by atoms with Crippen molar-refractivity contribution in [1.82, 2.24) is 4.72 Å². The minimum Gasteiger partial charge on any atom is -0.480 e. The molecular weight excluding hydrogens is 325 g/mol. The zero-order valence-corrected chi connectivity index (χ0v) is 13.3. The molecule has 0 saturated heterocycles. The molecule has 0 fully saturated rings. The van der Waals surface area contributed by atoms with Crippen LogP contribution in [0.3, 0.4) is 0 Å². The lowest BCUT2D eigenvalue weighted by Gasteiger charge is -2.18. The summed E-state index contributed by atoms with van der Waals surface area (Å²) in [6.07, 6.45) is 0. The Balaban J connectivity index is 2.89. The van der Waals surface area contributed by atoms with Crippen molar-refractivity contribution in [2.45, 2.75) is 25.6 Å². The third-order valence-corrected chi connectivity index (χ3v) is 4.65. The van der Waals surface area contributed by atoms with E-state index in [9.17, 15) is 13.2 Å². The van der Waals surface area contributed by atoms with Crippen molar-refractivity contribution < 1.29 is 18.3 Å². The maximum Gasteiger partial charge on any atom is 0.321 e. The molecule has 0 aromatic heterocycles. The van der Waals surface area contributed by atoms with Crippen molar-refractivity contribution in [2.75, 3.05) is 0 Å². The van der Waals surface area contributed by atoms with Crippen LogP contribution in [-0.4, -0.2) is 25.5 Å². The first-order valence-electron chi connectivity index (χ1n) is 5.79. The molecule has 0 aliphatic carbocycles. The van der Waals surface area contributed by atoms with Crippen LogP contribution in [0.4, 0.5) is 0 Å². The fourth-order valence-electron chi connectivity index (χ4n) is 1.56. The maximum absolute atomic E-state index is 12.0. The molecule has 2 N–H and O–H groups in total. The Bertz CT molecular complexity index is 601. The summed E-state index contributed by atoms with van der Waals surface area (Å²) < 4.78 is 26.1. The summed E-state index contributed by atoms with van der Waals surface area (Å²) in [6, 6.07) is 3.29. The van der Waals surface area contributed by atoms with Gasteiger partial charge in [-0.3, -0.25) is 4.79 Å². The molecule has 0 aliphatic heterocycles. The van der Waals surface area contributed by atoms with Crippen molar-refractivity contribution in [1.29, 1.82) is 0 Å². The van der Waals surface area contributed by atoms with Crippen molar-refractivity contribution in [2.24, 2.45) is 5.92 Å². The fourth-order valence-corrected chi connectivity index (χ4v) is 3.34. The number of nitrogens with one attached hydrogen (secondary N) is 1. The van der Waals surface area contributed by atoms with Gasteiger partial charge in [-0.05, 0) is 23.6 Å². The molecule has 5 nitrogen and oxygen atoms in total. The Morgan fingerprint density at radius 2 is 1.90 bits per heavy atom. The van der Waals surface area contributed by atoms with Gasteiger partial charge in [0.15, 0.2) is 0 Å². The summed E-state index contributed by atoms with van der Waals surface area (Å²) in [5.41, 5.74) is 0.430. The summed E-state index contributed by atoms with van der Waals surface area (Å²) in [7, 11) is -3.79. The Hall–Kier alpha value is -0.820. The van der Waals surface area contributed by atoms with Crippen molar-refractivity contribution in [3.8, 4) is 0 Å². The number of carbonyl (C=O) groups is 1. The molecule has 8 heteroatoms. The highest BCUT2D eigenvalue weighted by atomic mass is 35.5. The average Bonchev–Trinajstić information content (AvgIpc) is 2.30. The van der Waals surface area contributed by atoms with E-state index in [-0.39, 0.29) is 16.7 Å². The summed E-state index contributed by atoms with van der Waals surface area (Å²) in [4.78, 5) is 11.0. The number of halogens is 2. The van der Waals surface area contributed by atoms with E-state index in [0.29, 0.717) is 10.6 Å². The zero-order chi connectivity index (χ0) is 15.5.